The Morgan fingerprint density at radius 3 is 2.13 bits per heavy atom. The third-order valence-electron chi connectivity index (χ3n) is 2.92. The summed E-state index contributed by atoms with van der Waals surface area (Å²) in [5.41, 5.74) is -0.576. The molecule has 1 aliphatic heterocycles. The monoisotopic (exact) mass is 214 g/mol. The smallest absolute Gasteiger partial charge is 0.0871 e. The average molecular weight is 214 g/mol. The van der Waals surface area contributed by atoms with Crippen LogP contribution in [0.15, 0.2) is 0 Å². The van der Waals surface area contributed by atoms with Gasteiger partial charge in [-0.05, 0) is 47.0 Å². The Hall–Kier alpha value is -0.120. The topological polar surface area (TPSA) is 26.7 Å². The van der Waals surface area contributed by atoms with Gasteiger partial charge in [0.15, 0.2) is 0 Å². The van der Waals surface area contributed by atoms with Crippen LogP contribution in [0.25, 0.3) is 0 Å². The van der Waals surface area contributed by atoms with Gasteiger partial charge >= 0.3 is 0 Å². The largest absolute Gasteiger partial charge is 0.388 e. The van der Waals surface area contributed by atoms with E-state index < -0.39 is 5.60 Å². The van der Waals surface area contributed by atoms with E-state index in [1.54, 1.807) is 0 Å². The highest BCUT2D eigenvalue weighted by Gasteiger charge is 2.24. The average Bonchev–Trinajstić information content (AvgIpc) is 2.29. The summed E-state index contributed by atoms with van der Waals surface area (Å²) in [5.74, 6) is 0. The minimum atomic E-state index is -0.576. The predicted octanol–water partition coefficient (Wildman–Crippen LogP) is 1.17. The third kappa shape index (κ3) is 5.50. The molecule has 0 aromatic carbocycles. The SMILES string of the molecule is CN(C)CC(C)(O)CN1CCCCCC1. The summed E-state index contributed by atoms with van der Waals surface area (Å²) in [6.07, 6.45) is 5.29. The second-order valence-corrected chi connectivity index (χ2v) is 5.43. The van der Waals surface area contributed by atoms with E-state index in [2.05, 4.69) is 9.80 Å². The van der Waals surface area contributed by atoms with Crippen molar-refractivity contribution in [1.82, 2.24) is 9.80 Å². The number of β-amino-alcohol motifs (C(OH)–C–C–N with tert-alkyl or cyclic N) is 1. The molecule has 1 rings (SSSR count). The quantitative estimate of drug-likeness (QED) is 0.761. The van der Waals surface area contributed by atoms with E-state index in [0.29, 0.717) is 0 Å². The molecular formula is C12H26N2O. The van der Waals surface area contributed by atoms with Crippen molar-refractivity contribution in [2.24, 2.45) is 0 Å². The zero-order valence-corrected chi connectivity index (χ0v) is 10.5. The molecule has 1 unspecified atom stereocenters. The minimum absolute atomic E-state index is 0.576. The lowest BCUT2D eigenvalue weighted by molar-refractivity contribution is 0.000776. The molecule has 1 aliphatic rings. The molecule has 1 N–H and O–H groups in total. The van der Waals surface area contributed by atoms with Gasteiger partial charge in [0.25, 0.3) is 0 Å². The van der Waals surface area contributed by atoms with Crippen molar-refractivity contribution in [3.05, 3.63) is 0 Å². The van der Waals surface area contributed by atoms with Gasteiger partial charge < -0.3 is 14.9 Å². The van der Waals surface area contributed by atoms with Gasteiger partial charge in [-0.2, -0.15) is 0 Å². The highest BCUT2D eigenvalue weighted by Crippen LogP contribution is 2.14. The molecule has 1 fully saturated rings. The van der Waals surface area contributed by atoms with Crippen LogP contribution in [-0.2, 0) is 0 Å². The molecule has 3 nitrogen and oxygen atoms in total. The van der Waals surface area contributed by atoms with Gasteiger partial charge in [0.05, 0.1) is 5.60 Å². The van der Waals surface area contributed by atoms with Crippen molar-refractivity contribution >= 4 is 0 Å². The van der Waals surface area contributed by atoms with E-state index in [1.807, 2.05) is 21.0 Å². The number of rotatable bonds is 4. The second kappa shape index (κ2) is 5.83. The van der Waals surface area contributed by atoms with Crippen LogP contribution in [0.1, 0.15) is 32.6 Å². The summed E-state index contributed by atoms with van der Waals surface area (Å²) in [5, 5.41) is 10.2. The van der Waals surface area contributed by atoms with E-state index in [0.717, 1.165) is 26.2 Å². The molecule has 15 heavy (non-hydrogen) atoms. The van der Waals surface area contributed by atoms with Crippen molar-refractivity contribution in [3.63, 3.8) is 0 Å². The highest BCUT2D eigenvalue weighted by atomic mass is 16.3. The standard InChI is InChI=1S/C12H26N2O/c1-12(15,10-13(2)3)11-14-8-6-4-5-7-9-14/h15H,4-11H2,1-3H3. The second-order valence-electron chi connectivity index (χ2n) is 5.43. The Morgan fingerprint density at radius 1 is 1.13 bits per heavy atom. The van der Waals surface area contributed by atoms with Crippen molar-refractivity contribution < 1.29 is 5.11 Å². The van der Waals surface area contributed by atoms with Crippen molar-refractivity contribution in [2.75, 3.05) is 40.3 Å². The fourth-order valence-corrected chi connectivity index (χ4v) is 2.51. The van der Waals surface area contributed by atoms with Gasteiger partial charge in [0, 0.05) is 13.1 Å². The Kier molecular flexibility index (Phi) is 5.03. The minimum Gasteiger partial charge on any atom is -0.388 e. The van der Waals surface area contributed by atoms with Crippen LogP contribution < -0.4 is 0 Å². The van der Waals surface area contributed by atoms with Crippen molar-refractivity contribution in [3.8, 4) is 0 Å². The zero-order chi connectivity index (χ0) is 11.3. The van der Waals surface area contributed by atoms with E-state index in [1.165, 1.54) is 25.7 Å². The summed E-state index contributed by atoms with van der Waals surface area (Å²) in [4.78, 5) is 4.47. The predicted molar refractivity (Wildman–Crippen MR) is 64.1 cm³/mol. The summed E-state index contributed by atoms with van der Waals surface area (Å²) in [6, 6.07) is 0. The lowest BCUT2D eigenvalue weighted by atomic mass is 10.1. The molecule has 1 atom stereocenters. The number of hydrogen-bond acceptors (Lipinski definition) is 3. The van der Waals surface area contributed by atoms with Crippen LogP contribution >= 0.6 is 0 Å². The fraction of sp³-hybridized carbons (Fsp3) is 1.00. The Balaban J connectivity index is 2.36. The third-order valence-corrected chi connectivity index (χ3v) is 2.92. The molecule has 0 bridgehead atoms. The van der Waals surface area contributed by atoms with Gasteiger partial charge in [-0.3, -0.25) is 0 Å². The first-order valence-corrected chi connectivity index (χ1v) is 6.09. The number of likely N-dealkylation sites (N-methyl/N-ethyl adjacent to an activating group) is 1. The molecule has 3 heteroatoms. The summed E-state index contributed by atoms with van der Waals surface area (Å²) in [7, 11) is 4.02. The van der Waals surface area contributed by atoms with E-state index in [-0.39, 0.29) is 0 Å². The highest BCUT2D eigenvalue weighted by molar-refractivity contribution is 4.80. The first-order valence-electron chi connectivity index (χ1n) is 6.09. The van der Waals surface area contributed by atoms with Crippen LogP contribution in [0.2, 0.25) is 0 Å². The Labute approximate surface area is 94.1 Å². The fourth-order valence-electron chi connectivity index (χ4n) is 2.51. The van der Waals surface area contributed by atoms with Crippen LogP contribution in [0.5, 0.6) is 0 Å². The maximum absolute atomic E-state index is 10.2. The summed E-state index contributed by atoms with van der Waals surface area (Å²) in [6.45, 7) is 5.81. The first-order chi connectivity index (χ1) is 6.99. The van der Waals surface area contributed by atoms with Gasteiger partial charge in [0.2, 0.25) is 0 Å². The first kappa shape index (κ1) is 12.9. The number of likely N-dealkylation sites (tertiary alicyclic amines) is 1. The normalized spacial score (nSPS) is 23.8. The molecule has 0 aromatic heterocycles. The molecule has 0 spiro atoms. The summed E-state index contributed by atoms with van der Waals surface area (Å²) >= 11 is 0. The van der Waals surface area contributed by atoms with Gasteiger partial charge in [-0.15, -0.1) is 0 Å². The molecule has 0 radical (unpaired) electrons. The van der Waals surface area contributed by atoms with Crippen molar-refractivity contribution in [2.45, 2.75) is 38.2 Å². The molecule has 90 valence electrons. The van der Waals surface area contributed by atoms with Crippen LogP contribution in [-0.4, -0.2) is 60.8 Å². The van der Waals surface area contributed by atoms with Gasteiger partial charge in [0.1, 0.15) is 0 Å². The molecule has 0 amide bonds. The number of nitrogens with zero attached hydrogens (tertiary/aromatic N) is 2. The Bertz CT molecular complexity index is 172. The maximum Gasteiger partial charge on any atom is 0.0871 e. The zero-order valence-electron chi connectivity index (χ0n) is 10.5. The van der Waals surface area contributed by atoms with E-state index in [4.69, 9.17) is 0 Å². The number of hydrogen-bond donors (Lipinski definition) is 1. The molecule has 1 saturated heterocycles. The molecule has 0 saturated carbocycles. The number of aliphatic hydroxyl groups is 1. The van der Waals surface area contributed by atoms with Crippen molar-refractivity contribution in [1.29, 1.82) is 0 Å². The van der Waals surface area contributed by atoms with Crippen LogP contribution in [0.3, 0.4) is 0 Å². The molecule has 0 aromatic rings. The van der Waals surface area contributed by atoms with Crippen LogP contribution in [0, 0.1) is 0 Å². The lowest BCUT2D eigenvalue weighted by Gasteiger charge is -2.32. The van der Waals surface area contributed by atoms with Gasteiger partial charge in [-0.25, -0.2) is 0 Å². The van der Waals surface area contributed by atoms with E-state index in [9.17, 15) is 5.11 Å². The lowest BCUT2D eigenvalue weighted by Crippen LogP contribution is -2.47. The molecule has 0 aliphatic carbocycles. The van der Waals surface area contributed by atoms with Crippen LogP contribution in [0.4, 0.5) is 0 Å². The summed E-state index contributed by atoms with van der Waals surface area (Å²) < 4.78 is 0. The van der Waals surface area contributed by atoms with E-state index >= 15 is 0 Å². The molecule has 1 heterocycles. The molecular weight excluding hydrogens is 188 g/mol. The van der Waals surface area contributed by atoms with Gasteiger partial charge in [-0.1, -0.05) is 12.8 Å². The Morgan fingerprint density at radius 2 is 1.67 bits per heavy atom. The maximum atomic E-state index is 10.2.